The maximum Gasteiger partial charge on any atom is 1.00 e. The molecule has 6 heterocycles. The number of carbonyl (C=O) groups is 2. The molecular weight excluding hydrogens is 774 g/mol. The Hall–Kier alpha value is -6.26. The number of H-pyrrole nitrogens is 2. The molecule has 0 saturated heterocycles. The second-order valence-electron chi connectivity index (χ2n) is 11.4. The maximum absolute atomic E-state index is 11.7. The van der Waals surface area contributed by atoms with Crippen LogP contribution < -0.4 is 18.9 Å². The van der Waals surface area contributed by atoms with Gasteiger partial charge in [0.05, 0.1) is 39.3 Å². The Labute approximate surface area is 345 Å². The van der Waals surface area contributed by atoms with Gasteiger partial charge >= 0.3 is 30.8 Å². The summed E-state index contributed by atoms with van der Waals surface area (Å²) in [5, 5.41) is 40.1. The predicted octanol–water partition coefficient (Wildman–Crippen LogP) is 2.23. The third kappa shape index (κ3) is 10.5. The smallest absolute Gasteiger partial charge is 0.870 e. The molecule has 6 aromatic heterocycles. The van der Waals surface area contributed by atoms with Gasteiger partial charge in [0.15, 0.2) is 0 Å². The molecule has 8 aromatic rings. The number of fused-ring (bicyclic) bond motifs is 2. The number of aromatic nitrogens is 12. The van der Waals surface area contributed by atoms with Crippen LogP contribution in [0.3, 0.4) is 0 Å². The summed E-state index contributed by atoms with van der Waals surface area (Å²) in [4.78, 5) is 40.3. The minimum absolute atomic E-state index is 0. The predicted molar refractivity (Wildman–Crippen MR) is 205 cm³/mol. The number of rotatable bonds is 8. The molecule has 2 aromatic carbocycles. The van der Waals surface area contributed by atoms with Crippen molar-refractivity contribution in [2.24, 2.45) is 0 Å². The SMILES string of the molecule is C.COC(=O)c1ccnc(Cc2cc(-c3nn[nH]n3)c3ncc(Cl)cc3c2)c1.O.O=C(O)c1ccnc(Cc2cc(-c3nn[nH]n3)c3ncc(Cl)cc3c2)c1.[Li+].[OH-]. The molecule has 0 aliphatic rings. The van der Waals surface area contributed by atoms with Crippen molar-refractivity contribution < 1.29 is 49.2 Å². The zero-order chi connectivity index (χ0) is 36.9. The fourth-order valence-electron chi connectivity index (χ4n) is 5.61. The van der Waals surface area contributed by atoms with E-state index in [1.165, 1.54) is 19.4 Å². The maximum atomic E-state index is 11.7. The molecule has 286 valence electrons. The Bertz CT molecular complexity index is 2620. The molecule has 0 atom stereocenters. The summed E-state index contributed by atoms with van der Waals surface area (Å²) >= 11 is 12.2. The normalized spacial score (nSPS) is 10.2. The number of methoxy groups -OCH3 is 1. The van der Waals surface area contributed by atoms with Gasteiger partial charge in [-0.15, -0.1) is 20.4 Å². The fourth-order valence-corrected chi connectivity index (χ4v) is 5.95. The molecule has 0 saturated carbocycles. The fraction of sp³-hybridized carbons (Fsp3) is 0.111. The van der Waals surface area contributed by atoms with Gasteiger partial charge < -0.3 is 20.8 Å². The van der Waals surface area contributed by atoms with E-state index in [4.69, 9.17) is 33.0 Å². The van der Waals surface area contributed by atoms with Crippen molar-refractivity contribution in [1.82, 2.24) is 61.2 Å². The molecular formula is C36H31Cl2LiN12O6. The molecule has 0 spiro atoms. The third-order valence-corrected chi connectivity index (χ3v) is 8.28. The molecule has 0 fully saturated rings. The molecule has 6 N–H and O–H groups in total. The Morgan fingerprint density at radius 3 is 1.58 bits per heavy atom. The average molecular weight is 806 g/mol. The number of tetrazole rings is 2. The summed E-state index contributed by atoms with van der Waals surface area (Å²) in [6.45, 7) is 0. The summed E-state index contributed by atoms with van der Waals surface area (Å²) in [5.41, 5.74) is 6.72. The van der Waals surface area contributed by atoms with Crippen LogP contribution in [0, 0.1) is 0 Å². The van der Waals surface area contributed by atoms with Crippen molar-refractivity contribution in [3.63, 3.8) is 0 Å². The van der Waals surface area contributed by atoms with Gasteiger partial charge in [0.1, 0.15) is 0 Å². The Morgan fingerprint density at radius 2 is 1.16 bits per heavy atom. The third-order valence-electron chi connectivity index (χ3n) is 7.86. The van der Waals surface area contributed by atoms with E-state index in [0.717, 1.165) is 38.7 Å². The Balaban J connectivity index is 0.000000285. The van der Waals surface area contributed by atoms with Gasteiger partial charge in [0, 0.05) is 70.9 Å². The standard InChI is InChI=1S/C18H13ClN6O2.C17H11ClN6O2.CH4.Li.2H2O/c1-27-18(26)11-2-3-20-14(8-11)5-10-4-12-7-13(19)9-21-16(12)15(6-10)17-22-24-25-23-17;18-12-6-11-3-9(4-13-7-10(17(25)26)1-2-19-13)5-14(15(11)20-8-12)16-21-23-24-22-16;;;;/h2-4,6-9H,5H2,1H3,(H,22,23,24,25);1-3,5-8H,4H2,(H,25,26)(H,21,22,23,24);1H4;;2*1H2/q;;;+1;;/p-1. The number of hydrogen-bond donors (Lipinski definition) is 3. The summed E-state index contributed by atoms with van der Waals surface area (Å²) in [6.07, 6.45) is 7.14. The first-order valence-corrected chi connectivity index (χ1v) is 16.3. The van der Waals surface area contributed by atoms with Crippen LogP contribution in [-0.2, 0) is 17.6 Å². The number of aromatic carboxylic acids is 1. The van der Waals surface area contributed by atoms with E-state index < -0.39 is 11.9 Å². The first kappa shape index (κ1) is 45.1. The van der Waals surface area contributed by atoms with Crippen LogP contribution >= 0.6 is 23.2 Å². The van der Waals surface area contributed by atoms with Gasteiger partial charge in [-0.05, 0) is 82.2 Å². The molecule has 57 heavy (non-hydrogen) atoms. The Kier molecular flexibility index (Phi) is 15.9. The van der Waals surface area contributed by atoms with Crippen molar-refractivity contribution in [1.29, 1.82) is 0 Å². The zero-order valence-electron chi connectivity index (χ0n) is 29.3. The molecule has 18 nitrogen and oxygen atoms in total. The van der Waals surface area contributed by atoms with Crippen molar-refractivity contribution >= 4 is 56.9 Å². The first-order valence-electron chi connectivity index (χ1n) is 15.6. The number of hydrogen-bond acceptors (Lipinski definition) is 14. The van der Waals surface area contributed by atoms with Crippen molar-refractivity contribution in [3.05, 3.63) is 129 Å². The summed E-state index contributed by atoms with van der Waals surface area (Å²) in [5.74, 6) is -0.539. The minimum atomic E-state index is -0.990. The van der Waals surface area contributed by atoms with Crippen molar-refractivity contribution in [2.75, 3.05) is 7.11 Å². The number of nitrogens with zero attached hydrogens (tertiary/aromatic N) is 10. The average Bonchev–Trinajstić information content (AvgIpc) is 3.90. The number of ether oxygens (including phenoxy) is 1. The van der Waals surface area contributed by atoms with E-state index in [0.29, 0.717) is 56.9 Å². The molecule has 0 aliphatic carbocycles. The van der Waals surface area contributed by atoms with Crippen LogP contribution in [0.4, 0.5) is 0 Å². The molecule has 21 heteroatoms. The monoisotopic (exact) mass is 804 g/mol. The van der Waals surface area contributed by atoms with Crippen LogP contribution in [0.1, 0.15) is 50.7 Å². The summed E-state index contributed by atoms with van der Waals surface area (Å²) < 4.78 is 4.76. The van der Waals surface area contributed by atoms with E-state index in [2.05, 4.69) is 61.2 Å². The minimum Gasteiger partial charge on any atom is -0.870 e. The number of esters is 1. The number of nitrogens with one attached hydrogen (secondary N) is 2. The summed E-state index contributed by atoms with van der Waals surface area (Å²) in [6, 6.07) is 17.7. The van der Waals surface area contributed by atoms with E-state index in [-0.39, 0.29) is 42.8 Å². The van der Waals surface area contributed by atoms with Gasteiger partial charge in [-0.25, -0.2) is 9.59 Å². The van der Waals surface area contributed by atoms with Crippen molar-refractivity contribution in [2.45, 2.75) is 20.3 Å². The van der Waals surface area contributed by atoms with E-state index in [9.17, 15) is 9.59 Å². The van der Waals surface area contributed by atoms with E-state index >= 15 is 0 Å². The number of carboxylic acid groups (broad SMARTS) is 1. The van der Waals surface area contributed by atoms with Crippen LogP contribution in [-0.4, -0.2) is 96.3 Å². The van der Waals surface area contributed by atoms with Gasteiger partial charge in [0.2, 0.25) is 11.6 Å². The second kappa shape index (κ2) is 20.1. The van der Waals surface area contributed by atoms with Crippen LogP contribution in [0.15, 0.2) is 85.5 Å². The van der Waals surface area contributed by atoms with Crippen LogP contribution in [0.25, 0.3) is 44.6 Å². The second-order valence-corrected chi connectivity index (χ2v) is 12.3. The number of halogens is 2. The molecule has 0 radical (unpaired) electrons. The zero-order valence-corrected chi connectivity index (χ0v) is 30.9. The topological polar surface area (TPSA) is 286 Å². The Morgan fingerprint density at radius 1 is 0.702 bits per heavy atom. The number of carboxylic acids is 1. The molecule has 0 unspecified atom stereocenters. The largest absolute Gasteiger partial charge is 1.00 e. The van der Waals surface area contributed by atoms with E-state index in [1.54, 1.807) is 42.9 Å². The van der Waals surface area contributed by atoms with Crippen molar-refractivity contribution in [3.8, 4) is 22.8 Å². The van der Waals surface area contributed by atoms with Crippen LogP contribution in [0.2, 0.25) is 10.0 Å². The van der Waals surface area contributed by atoms with Gasteiger partial charge in [0.25, 0.3) is 0 Å². The molecule has 0 aliphatic heterocycles. The van der Waals surface area contributed by atoms with Crippen LogP contribution in [0.5, 0.6) is 0 Å². The van der Waals surface area contributed by atoms with Gasteiger partial charge in [-0.1, -0.05) is 30.6 Å². The van der Waals surface area contributed by atoms with Gasteiger partial charge in [-0.3, -0.25) is 19.9 Å². The number of carbonyl (C=O) groups excluding carboxylic acids is 1. The first-order chi connectivity index (χ1) is 25.7. The number of aromatic amines is 2. The number of benzene rings is 2. The molecule has 0 amide bonds. The van der Waals surface area contributed by atoms with Gasteiger partial charge in [-0.2, -0.15) is 10.4 Å². The summed E-state index contributed by atoms with van der Waals surface area (Å²) in [7, 11) is 1.35. The molecule has 0 bridgehead atoms. The van der Waals surface area contributed by atoms with E-state index in [1.807, 2.05) is 30.3 Å². The molecule has 8 rings (SSSR count). The quantitative estimate of drug-likeness (QED) is 0.147. The number of pyridine rings is 4.